The molecule has 0 aliphatic rings. The van der Waals surface area contributed by atoms with Gasteiger partial charge in [0.15, 0.2) is 0 Å². The third-order valence-corrected chi connectivity index (χ3v) is 3.32. The maximum Gasteiger partial charge on any atom is 0.322 e. The molecule has 2 aromatic rings. The minimum atomic E-state index is -0.172. The first-order valence-corrected chi connectivity index (χ1v) is 7.22. The van der Waals surface area contributed by atoms with E-state index in [2.05, 4.69) is 11.4 Å². The lowest BCUT2D eigenvalue weighted by molar-refractivity contribution is 0.193. The Bertz CT molecular complexity index is 674. The van der Waals surface area contributed by atoms with Gasteiger partial charge in [-0.05, 0) is 37.6 Å². The fraction of sp³-hybridized carbons (Fsp3) is 0.222. The van der Waals surface area contributed by atoms with Gasteiger partial charge in [-0.3, -0.25) is 0 Å². The number of nitrogens with zero attached hydrogens (tertiary/aromatic N) is 2. The maximum atomic E-state index is 12.5. The molecule has 0 radical (unpaired) electrons. The summed E-state index contributed by atoms with van der Waals surface area (Å²) < 4.78 is 0. The first-order valence-electron chi connectivity index (χ1n) is 7.22. The van der Waals surface area contributed by atoms with Crippen LogP contribution in [0.1, 0.15) is 25.0 Å². The van der Waals surface area contributed by atoms with Crippen molar-refractivity contribution in [2.24, 2.45) is 0 Å². The van der Waals surface area contributed by atoms with Crippen molar-refractivity contribution in [3.63, 3.8) is 0 Å². The number of nitrogens with one attached hydrogen (secondary N) is 1. The summed E-state index contributed by atoms with van der Waals surface area (Å²) in [6.07, 6.45) is 0. The van der Waals surface area contributed by atoms with Gasteiger partial charge in [0.05, 0.1) is 11.6 Å². The van der Waals surface area contributed by atoms with Crippen LogP contribution in [0.4, 0.5) is 10.5 Å². The summed E-state index contributed by atoms with van der Waals surface area (Å²) >= 11 is 0. The summed E-state index contributed by atoms with van der Waals surface area (Å²) in [6, 6.07) is 18.7. The van der Waals surface area contributed by atoms with E-state index < -0.39 is 0 Å². The van der Waals surface area contributed by atoms with Crippen LogP contribution >= 0.6 is 0 Å². The molecule has 22 heavy (non-hydrogen) atoms. The zero-order chi connectivity index (χ0) is 15.9. The molecule has 2 aromatic carbocycles. The van der Waals surface area contributed by atoms with Crippen LogP contribution in [0.15, 0.2) is 54.6 Å². The third-order valence-electron chi connectivity index (χ3n) is 3.32. The van der Waals surface area contributed by atoms with Crippen molar-refractivity contribution in [1.29, 1.82) is 5.26 Å². The summed E-state index contributed by atoms with van der Waals surface area (Å²) in [6.45, 7) is 4.50. The molecular weight excluding hydrogens is 274 g/mol. The van der Waals surface area contributed by atoms with Crippen LogP contribution in [0.2, 0.25) is 0 Å². The highest BCUT2D eigenvalue weighted by Crippen LogP contribution is 2.14. The van der Waals surface area contributed by atoms with E-state index in [1.807, 2.05) is 44.2 Å². The average molecular weight is 293 g/mol. The van der Waals surface area contributed by atoms with Crippen molar-refractivity contribution in [3.05, 3.63) is 65.7 Å². The topological polar surface area (TPSA) is 56.1 Å². The van der Waals surface area contributed by atoms with Gasteiger partial charge in [0.25, 0.3) is 0 Å². The fourth-order valence-electron chi connectivity index (χ4n) is 2.13. The predicted molar refractivity (Wildman–Crippen MR) is 87.3 cm³/mol. The van der Waals surface area contributed by atoms with Crippen LogP contribution in [-0.4, -0.2) is 17.0 Å². The van der Waals surface area contributed by atoms with E-state index in [0.29, 0.717) is 17.8 Å². The molecule has 0 fully saturated rings. The van der Waals surface area contributed by atoms with E-state index in [1.54, 1.807) is 29.2 Å². The van der Waals surface area contributed by atoms with Crippen molar-refractivity contribution in [3.8, 4) is 6.07 Å². The van der Waals surface area contributed by atoms with Gasteiger partial charge in [0, 0.05) is 18.3 Å². The van der Waals surface area contributed by atoms with Crippen molar-refractivity contribution >= 4 is 11.7 Å². The first-order chi connectivity index (χ1) is 10.6. The highest BCUT2D eigenvalue weighted by Gasteiger charge is 2.17. The molecule has 4 heteroatoms. The quantitative estimate of drug-likeness (QED) is 0.926. The second-order valence-corrected chi connectivity index (χ2v) is 5.33. The van der Waals surface area contributed by atoms with E-state index in [1.165, 1.54) is 0 Å². The van der Waals surface area contributed by atoms with E-state index in [9.17, 15) is 4.79 Å². The fourth-order valence-corrected chi connectivity index (χ4v) is 2.13. The summed E-state index contributed by atoms with van der Waals surface area (Å²) in [4.78, 5) is 14.2. The van der Waals surface area contributed by atoms with E-state index in [0.717, 1.165) is 5.56 Å². The number of urea groups is 1. The summed E-state index contributed by atoms with van der Waals surface area (Å²) in [5.41, 5.74) is 2.23. The number of nitriles is 1. The van der Waals surface area contributed by atoms with Gasteiger partial charge in [-0.2, -0.15) is 5.26 Å². The number of carbonyl (C=O) groups excluding carboxylic acids is 1. The van der Waals surface area contributed by atoms with Crippen molar-refractivity contribution in [2.75, 3.05) is 5.32 Å². The molecule has 0 bridgehead atoms. The predicted octanol–water partition coefficient (Wildman–Crippen LogP) is 4.00. The second kappa shape index (κ2) is 7.28. The lowest BCUT2D eigenvalue weighted by atomic mass is 10.2. The second-order valence-electron chi connectivity index (χ2n) is 5.33. The number of amides is 2. The van der Waals surface area contributed by atoms with Gasteiger partial charge in [-0.1, -0.05) is 36.4 Å². The Hall–Kier alpha value is -2.80. The smallest absolute Gasteiger partial charge is 0.318 e. The Morgan fingerprint density at radius 3 is 2.55 bits per heavy atom. The monoisotopic (exact) mass is 293 g/mol. The number of benzene rings is 2. The van der Waals surface area contributed by atoms with Crippen LogP contribution in [0.25, 0.3) is 0 Å². The molecule has 0 aliphatic carbocycles. The van der Waals surface area contributed by atoms with Gasteiger partial charge in [0.2, 0.25) is 0 Å². The number of hydrogen-bond acceptors (Lipinski definition) is 2. The Labute approximate surface area is 131 Å². The molecule has 0 spiro atoms. The summed E-state index contributed by atoms with van der Waals surface area (Å²) in [5.74, 6) is 0. The van der Waals surface area contributed by atoms with Gasteiger partial charge in [-0.25, -0.2) is 4.79 Å². The van der Waals surface area contributed by atoms with Crippen LogP contribution in [0.3, 0.4) is 0 Å². The van der Waals surface area contributed by atoms with Crippen LogP contribution in [0, 0.1) is 11.3 Å². The van der Waals surface area contributed by atoms with Gasteiger partial charge < -0.3 is 10.2 Å². The SMILES string of the molecule is CC(C)N(Cc1ccccc1)C(=O)Nc1cccc(C#N)c1. The Balaban J connectivity index is 2.11. The number of rotatable bonds is 4. The summed E-state index contributed by atoms with van der Waals surface area (Å²) in [7, 11) is 0. The molecule has 0 aliphatic heterocycles. The van der Waals surface area contributed by atoms with E-state index >= 15 is 0 Å². The molecule has 0 atom stereocenters. The third kappa shape index (κ3) is 4.10. The Morgan fingerprint density at radius 1 is 1.18 bits per heavy atom. The molecule has 0 unspecified atom stereocenters. The Kier molecular flexibility index (Phi) is 5.16. The molecule has 1 N–H and O–H groups in total. The average Bonchev–Trinajstić information content (AvgIpc) is 2.53. The zero-order valence-corrected chi connectivity index (χ0v) is 12.8. The van der Waals surface area contributed by atoms with Crippen LogP contribution in [0.5, 0.6) is 0 Å². The van der Waals surface area contributed by atoms with Gasteiger partial charge >= 0.3 is 6.03 Å². The molecular formula is C18H19N3O. The minimum Gasteiger partial charge on any atom is -0.318 e. The molecule has 112 valence electrons. The minimum absolute atomic E-state index is 0.0688. The molecule has 0 saturated carbocycles. The zero-order valence-electron chi connectivity index (χ0n) is 12.8. The molecule has 0 heterocycles. The van der Waals surface area contributed by atoms with Crippen molar-refractivity contribution in [1.82, 2.24) is 4.90 Å². The van der Waals surface area contributed by atoms with Crippen LogP contribution < -0.4 is 5.32 Å². The molecule has 4 nitrogen and oxygen atoms in total. The van der Waals surface area contributed by atoms with Crippen molar-refractivity contribution in [2.45, 2.75) is 26.4 Å². The normalized spacial score (nSPS) is 10.1. The number of hydrogen-bond donors (Lipinski definition) is 1. The molecule has 2 rings (SSSR count). The molecule has 0 aromatic heterocycles. The van der Waals surface area contributed by atoms with Gasteiger partial charge in [-0.15, -0.1) is 0 Å². The number of carbonyl (C=O) groups is 1. The van der Waals surface area contributed by atoms with Crippen molar-refractivity contribution < 1.29 is 4.79 Å². The van der Waals surface area contributed by atoms with E-state index in [4.69, 9.17) is 5.26 Å². The lowest BCUT2D eigenvalue weighted by Gasteiger charge is -2.27. The van der Waals surface area contributed by atoms with Crippen LogP contribution in [-0.2, 0) is 6.54 Å². The largest absolute Gasteiger partial charge is 0.322 e. The molecule has 2 amide bonds. The van der Waals surface area contributed by atoms with Gasteiger partial charge in [0.1, 0.15) is 0 Å². The highest BCUT2D eigenvalue weighted by molar-refractivity contribution is 5.89. The molecule has 0 saturated heterocycles. The number of anilines is 1. The highest BCUT2D eigenvalue weighted by atomic mass is 16.2. The Morgan fingerprint density at radius 2 is 1.91 bits per heavy atom. The first kappa shape index (κ1) is 15.6. The lowest BCUT2D eigenvalue weighted by Crippen LogP contribution is -2.39. The maximum absolute atomic E-state index is 12.5. The van der Waals surface area contributed by atoms with E-state index in [-0.39, 0.29) is 12.1 Å². The standard InChI is InChI=1S/C18H19N3O/c1-14(2)21(13-15-7-4-3-5-8-15)18(22)20-17-10-6-9-16(11-17)12-19/h3-11,14H,13H2,1-2H3,(H,20,22). The summed E-state index contributed by atoms with van der Waals surface area (Å²) in [5, 5.41) is 11.8.